The highest BCUT2D eigenvalue weighted by Crippen LogP contribution is 2.44. The van der Waals surface area contributed by atoms with Crippen LogP contribution in [0.5, 0.6) is 0 Å². The van der Waals surface area contributed by atoms with Crippen LogP contribution in [0.1, 0.15) is 36.8 Å². The topological polar surface area (TPSA) is 50.8 Å². The predicted molar refractivity (Wildman–Crippen MR) is 110 cm³/mol. The predicted octanol–water partition coefficient (Wildman–Crippen LogP) is 5.45. The zero-order chi connectivity index (χ0) is 19.3. The Morgan fingerprint density at radius 3 is 2.21 bits per heavy atom. The van der Waals surface area contributed by atoms with Crippen LogP contribution in [0.3, 0.4) is 0 Å². The minimum Gasteiger partial charge on any atom is -0.363 e. The van der Waals surface area contributed by atoms with Gasteiger partial charge in [0.2, 0.25) is 0 Å². The molecule has 0 saturated heterocycles. The number of rotatable bonds is 3. The normalized spacial score (nSPS) is 21.1. The molecule has 28 heavy (non-hydrogen) atoms. The molecule has 0 bridgehead atoms. The Hall–Kier alpha value is -3.30. The lowest BCUT2D eigenvalue weighted by Gasteiger charge is -2.46. The average Bonchev–Trinajstić information content (AvgIpc) is 2.77. The molecule has 1 aliphatic carbocycles. The maximum atomic E-state index is 9.55. The van der Waals surface area contributed by atoms with E-state index in [1.165, 1.54) is 12.0 Å². The maximum absolute atomic E-state index is 9.55. The van der Waals surface area contributed by atoms with Crippen LogP contribution in [-0.2, 0) is 6.54 Å². The Kier molecular flexibility index (Phi) is 5.27. The Morgan fingerprint density at radius 2 is 1.54 bits per heavy atom. The molecule has 3 nitrogen and oxygen atoms in total. The molecule has 0 amide bonds. The van der Waals surface area contributed by atoms with Gasteiger partial charge in [-0.15, -0.1) is 0 Å². The quantitative estimate of drug-likeness (QED) is 0.680. The number of nitriles is 2. The number of fused-ring (bicyclic) bond motifs is 1. The summed E-state index contributed by atoms with van der Waals surface area (Å²) in [5.74, 6) is 0.249. The molecule has 1 heterocycles. The lowest BCUT2D eigenvalue weighted by atomic mass is 9.74. The van der Waals surface area contributed by atoms with E-state index < -0.39 is 0 Å². The summed E-state index contributed by atoms with van der Waals surface area (Å²) in [6.45, 7) is 0.838. The molecule has 1 fully saturated rings. The van der Waals surface area contributed by atoms with Crippen LogP contribution in [0.15, 0.2) is 77.9 Å². The first-order chi connectivity index (χ1) is 13.8. The summed E-state index contributed by atoms with van der Waals surface area (Å²) in [7, 11) is 0. The minimum absolute atomic E-state index is 0.249. The highest BCUT2D eigenvalue weighted by molar-refractivity contribution is 5.71. The molecule has 4 rings (SSSR count). The van der Waals surface area contributed by atoms with Gasteiger partial charge in [0.05, 0.1) is 0 Å². The molecular formula is C25H23N3. The maximum Gasteiger partial charge on any atom is 0.133 e. The number of hydrogen-bond donors (Lipinski definition) is 0. The molecule has 2 aromatic carbocycles. The van der Waals surface area contributed by atoms with Gasteiger partial charge in [0.15, 0.2) is 0 Å². The summed E-state index contributed by atoms with van der Waals surface area (Å²) in [6, 6.07) is 25.5. The zero-order valence-corrected chi connectivity index (χ0v) is 15.9. The van der Waals surface area contributed by atoms with Crippen molar-refractivity contribution in [2.75, 3.05) is 0 Å². The molecule has 2 atom stereocenters. The Balaban J connectivity index is 1.87. The van der Waals surface area contributed by atoms with Gasteiger partial charge in [0.1, 0.15) is 17.7 Å². The van der Waals surface area contributed by atoms with Crippen LogP contribution >= 0.6 is 0 Å². The van der Waals surface area contributed by atoms with Gasteiger partial charge in [-0.1, -0.05) is 73.5 Å². The fraction of sp³-hybridized carbons (Fsp3) is 0.280. The van der Waals surface area contributed by atoms with Crippen LogP contribution in [0.2, 0.25) is 0 Å². The van der Waals surface area contributed by atoms with Gasteiger partial charge in [-0.25, -0.2) is 0 Å². The molecular weight excluding hydrogens is 342 g/mol. The van der Waals surface area contributed by atoms with Crippen LogP contribution in [0.4, 0.5) is 0 Å². The van der Waals surface area contributed by atoms with E-state index in [9.17, 15) is 10.5 Å². The third kappa shape index (κ3) is 3.45. The molecule has 1 saturated carbocycles. The number of allylic oxidation sites excluding steroid dienone is 2. The van der Waals surface area contributed by atoms with Gasteiger partial charge >= 0.3 is 0 Å². The van der Waals surface area contributed by atoms with E-state index in [4.69, 9.17) is 0 Å². The van der Waals surface area contributed by atoms with E-state index >= 15 is 0 Å². The highest BCUT2D eigenvalue weighted by Gasteiger charge is 2.38. The molecule has 2 aromatic rings. The van der Waals surface area contributed by atoms with Crippen molar-refractivity contribution in [2.45, 2.75) is 38.3 Å². The number of benzene rings is 2. The third-order valence-electron chi connectivity index (χ3n) is 5.91. The summed E-state index contributed by atoms with van der Waals surface area (Å²) in [5, 5.41) is 19.1. The first-order valence-electron chi connectivity index (χ1n) is 9.94. The lowest BCUT2D eigenvalue weighted by Crippen LogP contribution is -2.44. The fourth-order valence-electron chi connectivity index (χ4n) is 4.62. The van der Waals surface area contributed by atoms with Gasteiger partial charge in [-0.2, -0.15) is 10.5 Å². The third-order valence-corrected chi connectivity index (χ3v) is 5.91. The zero-order valence-electron chi connectivity index (χ0n) is 15.9. The molecule has 0 radical (unpaired) electrons. The Labute approximate surface area is 166 Å². The van der Waals surface area contributed by atoms with Gasteiger partial charge in [0.25, 0.3) is 0 Å². The van der Waals surface area contributed by atoms with E-state index in [2.05, 4.69) is 59.5 Å². The summed E-state index contributed by atoms with van der Waals surface area (Å²) in [4.78, 5) is 2.50. The standard InChI is InChI=1S/C25H23N3/c26-16-21(17-27)23-15-25(20-11-5-2-6-12-20)28(18-19-9-3-1-4-10-19)24-14-8-7-13-22(23)24/h1-6,9-12,15,22,24H,7-8,13-14,18H2/t22-,24+/m0/s1. The van der Waals surface area contributed by atoms with Crippen LogP contribution in [-0.4, -0.2) is 10.9 Å². The van der Waals surface area contributed by atoms with E-state index in [-0.39, 0.29) is 11.5 Å². The molecule has 138 valence electrons. The molecule has 0 aromatic heterocycles. The molecule has 0 unspecified atom stereocenters. The molecule has 0 N–H and O–H groups in total. The van der Waals surface area contributed by atoms with E-state index in [1.54, 1.807) is 0 Å². The van der Waals surface area contributed by atoms with E-state index in [1.807, 2.05) is 24.3 Å². The Morgan fingerprint density at radius 1 is 0.893 bits per heavy atom. The second-order valence-electron chi connectivity index (χ2n) is 7.52. The number of hydrogen-bond acceptors (Lipinski definition) is 3. The van der Waals surface area contributed by atoms with Gasteiger partial charge in [-0.3, -0.25) is 0 Å². The molecule has 1 aliphatic heterocycles. The van der Waals surface area contributed by atoms with Crippen molar-refractivity contribution >= 4 is 5.70 Å². The average molecular weight is 365 g/mol. The first-order valence-corrected chi connectivity index (χ1v) is 9.94. The summed E-state index contributed by atoms with van der Waals surface area (Å²) >= 11 is 0. The van der Waals surface area contributed by atoms with Crippen molar-refractivity contribution in [3.63, 3.8) is 0 Å². The van der Waals surface area contributed by atoms with Crippen LogP contribution in [0, 0.1) is 28.6 Å². The molecule has 3 heteroatoms. The monoisotopic (exact) mass is 365 g/mol. The SMILES string of the molecule is N#CC(C#N)=C1C=C(c2ccccc2)N(Cc2ccccc2)[C@@H]2CCCC[C@@H]12. The second-order valence-corrected chi connectivity index (χ2v) is 7.52. The summed E-state index contributed by atoms with van der Waals surface area (Å²) in [6.07, 6.45) is 6.58. The van der Waals surface area contributed by atoms with Gasteiger partial charge in [-0.05, 0) is 35.6 Å². The van der Waals surface area contributed by atoms with Crippen molar-refractivity contribution in [3.8, 4) is 12.1 Å². The minimum atomic E-state index is 0.249. The van der Waals surface area contributed by atoms with Crippen LogP contribution < -0.4 is 0 Å². The van der Waals surface area contributed by atoms with Crippen molar-refractivity contribution in [2.24, 2.45) is 5.92 Å². The van der Waals surface area contributed by atoms with Crippen molar-refractivity contribution in [1.29, 1.82) is 10.5 Å². The fourth-order valence-corrected chi connectivity index (χ4v) is 4.62. The second kappa shape index (κ2) is 8.15. The highest BCUT2D eigenvalue weighted by atomic mass is 15.2. The first kappa shape index (κ1) is 18.1. The molecule has 2 aliphatic rings. The smallest absolute Gasteiger partial charge is 0.133 e. The van der Waals surface area contributed by atoms with E-state index in [0.717, 1.165) is 42.6 Å². The van der Waals surface area contributed by atoms with Crippen molar-refractivity contribution < 1.29 is 0 Å². The summed E-state index contributed by atoms with van der Waals surface area (Å²) < 4.78 is 0. The van der Waals surface area contributed by atoms with Crippen LogP contribution in [0.25, 0.3) is 5.70 Å². The van der Waals surface area contributed by atoms with Crippen molar-refractivity contribution in [1.82, 2.24) is 4.90 Å². The van der Waals surface area contributed by atoms with Gasteiger partial charge in [0, 0.05) is 24.2 Å². The largest absolute Gasteiger partial charge is 0.363 e. The summed E-state index contributed by atoms with van der Waals surface area (Å²) in [5.41, 5.74) is 4.73. The lowest BCUT2D eigenvalue weighted by molar-refractivity contribution is 0.168. The molecule has 0 spiro atoms. The Bertz CT molecular complexity index is 958. The van der Waals surface area contributed by atoms with Gasteiger partial charge < -0.3 is 4.90 Å². The van der Waals surface area contributed by atoms with E-state index in [0.29, 0.717) is 6.04 Å². The van der Waals surface area contributed by atoms with Crippen molar-refractivity contribution in [3.05, 3.63) is 89.0 Å². The number of nitrogens with zero attached hydrogens (tertiary/aromatic N) is 3.